The van der Waals surface area contributed by atoms with Gasteiger partial charge in [-0.3, -0.25) is 0 Å². The van der Waals surface area contributed by atoms with E-state index in [9.17, 15) is 13.2 Å². The maximum atomic E-state index is 12.3. The lowest BCUT2D eigenvalue weighted by Gasteiger charge is -2.30. The molecule has 1 aliphatic rings. The van der Waals surface area contributed by atoms with E-state index in [-0.39, 0.29) is 32.0 Å². The zero-order valence-electron chi connectivity index (χ0n) is 9.00. The van der Waals surface area contributed by atoms with Crippen molar-refractivity contribution < 1.29 is 23.4 Å². The molecule has 6 heteroatoms. The van der Waals surface area contributed by atoms with E-state index in [0.29, 0.717) is 12.8 Å². The minimum Gasteiger partial charge on any atom is -0.394 e. The zero-order chi connectivity index (χ0) is 12.2. The van der Waals surface area contributed by atoms with E-state index in [1.165, 1.54) is 0 Å². The average Bonchev–Trinajstić information content (AvgIpc) is 2.25. The summed E-state index contributed by atoms with van der Waals surface area (Å²) in [5, 5.41) is 20.6. The van der Waals surface area contributed by atoms with Crippen molar-refractivity contribution in [3.63, 3.8) is 0 Å². The van der Waals surface area contributed by atoms with Crippen LogP contribution in [0, 0.1) is 5.92 Å². The van der Waals surface area contributed by atoms with Gasteiger partial charge in [0.25, 0.3) is 0 Å². The van der Waals surface area contributed by atoms with Crippen molar-refractivity contribution in [2.24, 2.45) is 5.92 Å². The summed E-state index contributed by atoms with van der Waals surface area (Å²) >= 11 is 0. The Labute approximate surface area is 92.7 Å². The molecular formula is C10H18F3NO2. The van der Waals surface area contributed by atoms with Gasteiger partial charge in [-0.15, -0.1) is 0 Å². The summed E-state index contributed by atoms with van der Waals surface area (Å²) in [7, 11) is 0. The second kappa shape index (κ2) is 5.84. The second-order valence-corrected chi connectivity index (χ2v) is 4.33. The van der Waals surface area contributed by atoms with Crippen molar-refractivity contribution in [3.05, 3.63) is 0 Å². The minimum absolute atomic E-state index is 0.0276. The van der Waals surface area contributed by atoms with Crippen LogP contribution in [-0.2, 0) is 0 Å². The number of hydrogen-bond acceptors (Lipinski definition) is 3. The highest BCUT2D eigenvalue weighted by Gasteiger charge is 2.41. The number of aliphatic hydroxyl groups is 2. The number of nitrogens with one attached hydrogen (secondary N) is 1. The van der Waals surface area contributed by atoms with E-state index in [0.717, 1.165) is 0 Å². The van der Waals surface area contributed by atoms with Crippen molar-refractivity contribution in [2.75, 3.05) is 13.2 Å². The van der Waals surface area contributed by atoms with Gasteiger partial charge in [-0.05, 0) is 25.7 Å². The minimum atomic E-state index is -4.07. The molecule has 0 spiro atoms. The van der Waals surface area contributed by atoms with Crippen molar-refractivity contribution in [3.8, 4) is 0 Å². The quantitative estimate of drug-likeness (QED) is 0.689. The van der Waals surface area contributed by atoms with Crippen LogP contribution in [0.4, 0.5) is 13.2 Å². The number of alkyl halides is 3. The Bertz CT molecular complexity index is 203. The largest absolute Gasteiger partial charge is 0.394 e. The predicted octanol–water partition coefficient (Wildman–Crippen LogP) is 1.05. The van der Waals surface area contributed by atoms with Crippen LogP contribution in [0.3, 0.4) is 0 Å². The molecule has 3 nitrogen and oxygen atoms in total. The molecule has 0 radical (unpaired) electrons. The lowest BCUT2D eigenvalue weighted by Crippen LogP contribution is -2.41. The smallest absolute Gasteiger partial charge is 0.391 e. The second-order valence-electron chi connectivity index (χ2n) is 4.33. The van der Waals surface area contributed by atoms with Gasteiger partial charge in [0.2, 0.25) is 0 Å². The maximum absolute atomic E-state index is 12.3. The van der Waals surface area contributed by atoms with Crippen LogP contribution in [0.1, 0.15) is 25.7 Å². The SMILES string of the molecule is OCC(O)CNC1CCC(C(F)(F)F)CC1. The Kier molecular flexibility index (Phi) is 5.01. The Hall–Kier alpha value is -0.330. The summed E-state index contributed by atoms with van der Waals surface area (Å²) in [6.07, 6.45) is -3.66. The van der Waals surface area contributed by atoms with Gasteiger partial charge >= 0.3 is 6.18 Å². The van der Waals surface area contributed by atoms with E-state index in [1.807, 2.05) is 0 Å². The van der Waals surface area contributed by atoms with Crippen LogP contribution in [0.25, 0.3) is 0 Å². The Morgan fingerprint density at radius 1 is 1.19 bits per heavy atom. The third-order valence-electron chi connectivity index (χ3n) is 3.04. The van der Waals surface area contributed by atoms with Crippen LogP contribution < -0.4 is 5.32 Å². The highest BCUT2D eigenvalue weighted by molar-refractivity contribution is 4.81. The Balaban J connectivity index is 2.22. The third-order valence-corrected chi connectivity index (χ3v) is 3.04. The predicted molar refractivity (Wildman–Crippen MR) is 52.9 cm³/mol. The first-order chi connectivity index (χ1) is 7.43. The summed E-state index contributed by atoms with van der Waals surface area (Å²) in [5.41, 5.74) is 0. The van der Waals surface area contributed by atoms with Gasteiger partial charge in [0, 0.05) is 12.6 Å². The van der Waals surface area contributed by atoms with Gasteiger partial charge in [-0.25, -0.2) is 0 Å². The first-order valence-corrected chi connectivity index (χ1v) is 5.52. The lowest BCUT2D eigenvalue weighted by molar-refractivity contribution is -0.182. The maximum Gasteiger partial charge on any atom is 0.391 e. The van der Waals surface area contributed by atoms with E-state index in [2.05, 4.69) is 5.32 Å². The molecule has 1 saturated carbocycles. The number of halogens is 3. The first kappa shape index (κ1) is 13.7. The Morgan fingerprint density at radius 3 is 2.19 bits per heavy atom. The van der Waals surface area contributed by atoms with Gasteiger partial charge in [0.15, 0.2) is 0 Å². The molecule has 96 valence electrons. The first-order valence-electron chi connectivity index (χ1n) is 5.52. The highest BCUT2D eigenvalue weighted by atomic mass is 19.4. The summed E-state index contributed by atoms with van der Waals surface area (Å²) in [6.45, 7) is -0.0945. The molecule has 16 heavy (non-hydrogen) atoms. The summed E-state index contributed by atoms with van der Waals surface area (Å²) in [4.78, 5) is 0. The molecule has 0 aliphatic heterocycles. The van der Waals surface area contributed by atoms with Crippen LogP contribution in [0.15, 0.2) is 0 Å². The van der Waals surface area contributed by atoms with Crippen LogP contribution >= 0.6 is 0 Å². The van der Waals surface area contributed by atoms with E-state index >= 15 is 0 Å². The monoisotopic (exact) mass is 241 g/mol. The molecule has 0 saturated heterocycles. The Morgan fingerprint density at radius 2 is 1.75 bits per heavy atom. The van der Waals surface area contributed by atoms with Crippen LogP contribution in [-0.4, -0.2) is 41.7 Å². The fraction of sp³-hybridized carbons (Fsp3) is 1.00. The molecule has 1 fully saturated rings. The van der Waals surface area contributed by atoms with Gasteiger partial charge in [0.05, 0.1) is 18.6 Å². The molecule has 1 unspecified atom stereocenters. The van der Waals surface area contributed by atoms with E-state index in [4.69, 9.17) is 10.2 Å². The molecule has 0 aromatic carbocycles. The third kappa shape index (κ3) is 4.27. The van der Waals surface area contributed by atoms with E-state index < -0.39 is 18.2 Å². The lowest BCUT2D eigenvalue weighted by atomic mass is 9.85. The molecule has 0 aromatic heterocycles. The molecule has 1 rings (SSSR count). The van der Waals surface area contributed by atoms with Crippen molar-refractivity contribution in [1.29, 1.82) is 0 Å². The van der Waals surface area contributed by atoms with Crippen LogP contribution in [0.5, 0.6) is 0 Å². The van der Waals surface area contributed by atoms with Gasteiger partial charge < -0.3 is 15.5 Å². The molecule has 1 aliphatic carbocycles. The van der Waals surface area contributed by atoms with Crippen molar-refractivity contribution in [2.45, 2.75) is 44.0 Å². The number of hydrogen-bond donors (Lipinski definition) is 3. The molecule has 3 N–H and O–H groups in total. The molecule has 0 amide bonds. The summed E-state index contributed by atoms with van der Waals surface area (Å²) < 4.78 is 37.0. The normalized spacial score (nSPS) is 29.1. The van der Waals surface area contributed by atoms with Gasteiger partial charge in [0.1, 0.15) is 0 Å². The van der Waals surface area contributed by atoms with E-state index in [1.54, 1.807) is 0 Å². The summed E-state index contributed by atoms with van der Waals surface area (Å²) in [6, 6.07) is 0.0276. The fourth-order valence-corrected chi connectivity index (χ4v) is 1.99. The van der Waals surface area contributed by atoms with Crippen LogP contribution in [0.2, 0.25) is 0 Å². The van der Waals surface area contributed by atoms with Crippen molar-refractivity contribution in [1.82, 2.24) is 5.32 Å². The highest BCUT2D eigenvalue weighted by Crippen LogP contribution is 2.37. The average molecular weight is 241 g/mol. The topological polar surface area (TPSA) is 52.5 Å². The zero-order valence-corrected chi connectivity index (χ0v) is 9.00. The molecular weight excluding hydrogens is 223 g/mol. The standard InChI is InChI=1S/C10H18F3NO2/c11-10(12,13)7-1-3-8(4-2-7)14-5-9(16)6-15/h7-9,14-16H,1-6H2. The van der Waals surface area contributed by atoms with Crippen molar-refractivity contribution >= 4 is 0 Å². The fourth-order valence-electron chi connectivity index (χ4n) is 1.99. The van der Waals surface area contributed by atoms with Gasteiger partial charge in [-0.1, -0.05) is 0 Å². The van der Waals surface area contributed by atoms with Gasteiger partial charge in [-0.2, -0.15) is 13.2 Å². The molecule has 0 aromatic rings. The number of rotatable bonds is 4. The molecule has 0 bridgehead atoms. The molecule has 0 heterocycles. The molecule has 1 atom stereocenters. The summed E-state index contributed by atoms with van der Waals surface area (Å²) in [5.74, 6) is -1.17. The number of aliphatic hydroxyl groups excluding tert-OH is 2.